The van der Waals surface area contributed by atoms with Gasteiger partial charge in [-0.25, -0.2) is 0 Å². The van der Waals surface area contributed by atoms with Crippen molar-refractivity contribution in [2.75, 3.05) is 47.6 Å². The molecule has 0 N–H and O–H groups in total. The molecule has 6 heteroatoms. The van der Waals surface area contributed by atoms with Crippen molar-refractivity contribution in [3.8, 4) is 0 Å². The topological polar surface area (TPSA) is 40.2 Å². The van der Waals surface area contributed by atoms with E-state index in [2.05, 4.69) is 4.90 Å². The first-order valence-corrected chi connectivity index (χ1v) is 6.91. The molecular formula is C9H21NO4Si. The number of hydrogen-bond acceptors (Lipinski definition) is 5. The lowest BCUT2D eigenvalue weighted by atomic mass is 10.4. The summed E-state index contributed by atoms with van der Waals surface area (Å²) >= 11 is 0. The largest absolute Gasteiger partial charge is 0.678 e. The van der Waals surface area contributed by atoms with Crippen LogP contribution in [0.4, 0.5) is 0 Å². The second-order valence-electron chi connectivity index (χ2n) is 3.51. The molecular weight excluding hydrogens is 214 g/mol. The Morgan fingerprint density at radius 3 is 2.00 bits per heavy atom. The minimum atomic E-state index is -2.82. The van der Waals surface area contributed by atoms with Gasteiger partial charge in [-0.3, -0.25) is 0 Å². The Bertz CT molecular complexity index is 163. The summed E-state index contributed by atoms with van der Waals surface area (Å²) in [7, 11) is 1.84. The third kappa shape index (κ3) is 3.82. The lowest BCUT2D eigenvalue weighted by molar-refractivity contribution is 0.00206. The first-order valence-electron chi connectivity index (χ1n) is 5.28. The van der Waals surface area contributed by atoms with Gasteiger partial charge in [0.1, 0.15) is 0 Å². The van der Waals surface area contributed by atoms with Gasteiger partial charge in [0.2, 0.25) is 0 Å². The van der Waals surface area contributed by atoms with E-state index in [1.165, 1.54) is 25.9 Å². The molecule has 0 radical (unpaired) electrons. The lowest BCUT2D eigenvalue weighted by Gasteiger charge is -2.24. The highest BCUT2D eigenvalue weighted by molar-refractivity contribution is 6.53. The van der Waals surface area contributed by atoms with Gasteiger partial charge in [-0.1, -0.05) is 0 Å². The third-order valence-electron chi connectivity index (χ3n) is 2.64. The summed E-state index contributed by atoms with van der Waals surface area (Å²) in [5, 5.41) is 0. The average Bonchev–Trinajstić information content (AvgIpc) is 2.78. The van der Waals surface area contributed by atoms with Crippen LogP contribution in [-0.4, -0.2) is 61.5 Å². The SMILES string of the molecule is CO[Si](OC)(OC)OCCN1CCCC1. The molecule has 1 fully saturated rings. The van der Waals surface area contributed by atoms with E-state index >= 15 is 0 Å². The first-order chi connectivity index (χ1) is 7.26. The molecule has 0 aromatic carbocycles. The molecule has 1 rings (SSSR count). The van der Waals surface area contributed by atoms with Crippen molar-refractivity contribution < 1.29 is 17.7 Å². The first kappa shape index (κ1) is 13.1. The maximum atomic E-state index is 5.57. The van der Waals surface area contributed by atoms with Gasteiger partial charge in [0.25, 0.3) is 0 Å². The van der Waals surface area contributed by atoms with E-state index < -0.39 is 9.05 Å². The normalized spacial score (nSPS) is 18.6. The number of hydrogen-bond donors (Lipinski definition) is 0. The Morgan fingerprint density at radius 2 is 1.53 bits per heavy atom. The molecule has 0 unspecified atom stereocenters. The molecule has 90 valence electrons. The van der Waals surface area contributed by atoms with Gasteiger partial charge in [-0.15, -0.1) is 0 Å². The van der Waals surface area contributed by atoms with E-state index in [1.54, 1.807) is 21.3 Å². The quantitative estimate of drug-likeness (QED) is 0.600. The predicted octanol–water partition coefficient (Wildman–Crippen LogP) is 0.474. The summed E-state index contributed by atoms with van der Waals surface area (Å²) in [4.78, 5) is 2.38. The van der Waals surface area contributed by atoms with Gasteiger partial charge in [0.15, 0.2) is 0 Å². The second-order valence-corrected chi connectivity index (χ2v) is 6.02. The molecule has 1 heterocycles. The minimum Gasteiger partial charge on any atom is -0.355 e. The molecule has 0 bridgehead atoms. The van der Waals surface area contributed by atoms with Crippen LogP contribution in [0.3, 0.4) is 0 Å². The fourth-order valence-corrected chi connectivity index (χ4v) is 2.93. The molecule has 0 spiro atoms. The van der Waals surface area contributed by atoms with Crippen LogP contribution >= 0.6 is 0 Å². The summed E-state index contributed by atoms with van der Waals surface area (Å²) in [6, 6.07) is 0. The van der Waals surface area contributed by atoms with Gasteiger partial charge in [0, 0.05) is 27.9 Å². The average molecular weight is 235 g/mol. The zero-order valence-corrected chi connectivity index (χ0v) is 10.8. The maximum absolute atomic E-state index is 5.57. The predicted molar refractivity (Wildman–Crippen MR) is 58.4 cm³/mol. The minimum absolute atomic E-state index is 0.599. The van der Waals surface area contributed by atoms with E-state index in [9.17, 15) is 0 Å². The van der Waals surface area contributed by atoms with Crippen molar-refractivity contribution in [1.82, 2.24) is 4.90 Å². The Balaban J connectivity index is 2.21. The highest BCUT2D eigenvalue weighted by Gasteiger charge is 2.42. The van der Waals surface area contributed by atoms with Crippen LogP contribution < -0.4 is 0 Å². The monoisotopic (exact) mass is 235 g/mol. The van der Waals surface area contributed by atoms with Crippen molar-refractivity contribution in [3.63, 3.8) is 0 Å². The van der Waals surface area contributed by atoms with Crippen molar-refractivity contribution in [1.29, 1.82) is 0 Å². The van der Waals surface area contributed by atoms with E-state index in [0.717, 1.165) is 6.54 Å². The zero-order valence-electron chi connectivity index (χ0n) is 9.82. The third-order valence-corrected chi connectivity index (χ3v) is 4.69. The van der Waals surface area contributed by atoms with Crippen molar-refractivity contribution in [3.05, 3.63) is 0 Å². The highest BCUT2D eigenvalue weighted by atomic mass is 28.4. The molecule has 0 amide bonds. The van der Waals surface area contributed by atoms with E-state index in [0.29, 0.717) is 6.61 Å². The molecule has 0 aromatic heterocycles. The molecule has 0 aliphatic carbocycles. The highest BCUT2D eigenvalue weighted by Crippen LogP contribution is 2.10. The molecule has 1 aliphatic rings. The maximum Gasteiger partial charge on any atom is 0.678 e. The number of rotatable bonds is 7. The Hall–Kier alpha value is 0.0169. The van der Waals surface area contributed by atoms with Crippen LogP contribution in [-0.2, 0) is 17.7 Å². The van der Waals surface area contributed by atoms with Crippen LogP contribution in [0.2, 0.25) is 0 Å². The van der Waals surface area contributed by atoms with Gasteiger partial charge in [0.05, 0.1) is 6.61 Å². The summed E-state index contributed by atoms with van der Waals surface area (Å²) in [5.74, 6) is 0. The van der Waals surface area contributed by atoms with Gasteiger partial charge in [-0.05, 0) is 25.9 Å². The van der Waals surface area contributed by atoms with Crippen LogP contribution in [0.5, 0.6) is 0 Å². The van der Waals surface area contributed by atoms with Crippen molar-refractivity contribution >= 4 is 9.05 Å². The summed E-state index contributed by atoms with van der Waals surface area (Å²) in [6.07, 6.45) is 2.59. The van der Waals surface area contributed by atoms with Crippen LogP contribution in [0, 0.1) is 0 Å². The van der Waals surface area contributed by atoms with E-state index in [4.69, 9.17) is 17.7 Å². The van der Waals surface area contributed by atoms with Gasteiger partial charge < -0.3 is 22.6 Å². The van der Waals surface area contributed by atoms with E-state index in [1.807, 2.05) is 0 Å². The summed E-state index contributed by atoms with van der Waals surface area (Å²) in [5.41, 5.74) is 0. The molecule has 0 atom stereocenters. The van der Waals surface area contributed by atoms with E-state index in [-0.39, 0.29) is 0 Å². The molecule has 15 heavy (non-hydrogen) atoms. The Morgan fingerprint density at radius 1 is 1.00 bits per heavy atom. The van der Waals surface area contributed by atoms with Gasteiger partial charge >= 0.3 is 9.05 Å². The standard InChI is InChI=1S/C9H21NO4Si/c1-11-15(12-2,13-3)14-9-8-10-6-4-5-7-10/h4-9H2,1-3H3. The van der Waals surface area contributed by atoms with Crippen molar-refractivity contribution in [2.45, 2.75) is 12.8 Å². The molecule has 0 aromatic rings. The fraction of sp³-hybridized carbons (Fsp3) is 1.00. The van der Waals surface area contributed by atoms with Crippen molar-refractivity contribution in [2.24, 2.45) is 0 Å². The molecule has 1 aliphatic heterocycles. The van der Waals surface area contributed by atoms with Gasteiger partial charge in [-0.2, -0.15) is 0 Å². The smallest absolute Gasteiger partial charge is 0.355 e. The molecule has 5 nitrogen and oxygen atoms in total. The summed E-state index contributed by atoms with van der Waals surface area (Å²) < 4.78 is 21.0. The number of likely N-dealkylation sites (tertiary alicyclic amines) is 1. The Kier molecular flexibility index (Phi) is 5.73. The zero-order chi connectivity index (χ0) is 11.1. The number of nitrogens with zero attached hydrogens (tertiary/aromatic N) is 1. The van der Waals surface area contributed by atoms with Crippen LogP contribution in [0.1, 0.15) is 12.8 Å². The lowest BCUT2D eigenvalue weighted by Crippen LogP contribution is -2.47. The summed E-state index contributed by atoms with van der Waals surface area (Å²) in [6.45, 7) is 3.86. The Labute approximate surface area is 92.7 Å². The van der Waals surface area contributed by atoms with Crippen LogP contribution in [0.25, 0.3) is 0 Å². The second kappa shape index (κ2) is 6.57. The molecule has 0 saturated carbocycles. The van der Waals surface area contributed by atoms with Crippen LogP contribution in [0.15, 0.2) is 0 Å². The fourth-order valence-electron chi connectivity index (χ4n) is 1.73. The molecule has 1 saturated heterocycles.